The normalized spacial score (nSPS) is 19.1. The van der Waals surface area contributed by atoms with Gasteiger partial charge in [0, 0.05) is 45.9 Å². The summed E-state index contributed by atoms with van der Waals surface area (Å²) in [6, 6.07) is 2.15. The Balaban J connectivity index is 1.41. The van der Waals surface area contributed by atoms with Crippen LogP contribution in [0.4, 0.5) is 11.6 Å². The third-order valence-electron chi connectivity index (χ3n) is 5.74. The first-order chi connectivity index (χ1) is 13.3. The first kappa shape index (κ1) is 20.3. The summed E-state index contributed by atoms with van der Waals surface area (Å²) >= 11 is 0. The molecule has 3 heterocycles. The second-order valence-electron chi connectivity index (χ2n) is 7.70. The smallest absolute Gasteiger partial charge is 0.134 e. The van der Waals surface area contributed by atoms with Gasteiger partial charge in [0.25, 0.3) is 0 Å². The van der Waals surface area contributed by atoms with Crippen LogP contribution in [0.3, 0.4) is 0 Å². The van der Waals surface area contributed by atoms with Crippen LogP contribution < -0.4 is 9.80 Å². The summed E-state index contributed by atoms with van der Waals surface area (Å²) in [5.41, 5.74) is 0. The van der Waals surface area contributed by atoms with E-state index in [1.807, 2.05) is 0 Å². The molecule has 1 aromatic heterocycles. The van der Waals surface area contributed by atoms with Crippen molar-refractivity contribution >= 4 is 11.6 Å². The Kier molecular flexibility index (Phi) is 8.10. The SMILES string of the molecule is COCCN(C)CCCC1CCN(c2cc(N3CCOCC3)ncn2)CC1. The van der Waals surface area contributed by atoms with Crippen molar-refractivity contribution in [1.82, 2.24) is 14.9 Å². The molecule has 7 nitrogen and oxygen atoms in total. The van der Waals surface area contributed by atoms with Crippen LogP contribution in [0, 0.1) is 5.92 Å². The molecule has 152 valence electrons. The number of rotatable bonds is 9. The van der Waals surface area contributed by atoms with E-state index in [-0.39, 0.29) is 0 Å². The molecule has 2 fully saturated rings. The molecule has 0 saturated carbocycles. The average molecular weight is 378 g/mol. The third kappa shape index (κ3) is 6.30. The number of ether oxygens (including phenoxy) is 2. The molecule has 2 aliphatic heterocycles. The summed E-state index contributed by atoms with van der Waals surface area (Å²) in [6.45, 7) is 8.60. The third-order valence-corrected chi connectivity index (χ3v) is 5.74. The molecule has 0 radical (unpaired) electrons. The summed E-state index contributed by atoms with van der Waals surface area (Å²) in [4.78, 5) is 16.1. The first-order valence-corrected chi connectivity index (χ1v) is 10.3. The number of nitrogens with zero attached hydrogens (tertiary/aromatic N) is 5. The average Bonchev–Trinajstić information content (AvgIpc) is 2.73. The molecule has 2 saturated heterocycles. The minimum Gasteiger partial charge on any atom is -0.383 e. The molecule has 1 aromatic rings. The highest BCUT2D eigenvalue weighted by molar-refractivity contribution is 5.50. The second-order valence-corrected chi connectivity index (χ2v) is 7.70. The van der Waals surface area contributed by atoms with Gasteiger partial charge in [0.15, 0.2) is 0 Å². The van der Waals surface area contributed by atoms with E-state index in [0.29, 0.717) is 0 Å². The highest BCUT2D eigenvalue weighted by atomic mass is 16.5. The van der Waals surface area contributed by atoms with Crippen LogP contribution in [0.2, 0.25) is 0 Å². The zero-order valence-corrected chi connectivity index (χ0v) is 17.0. The lowest BCUT2D eigenvalue weighted by molar-refractivity contribution is 0.122. The van der Waals surface area contributed by atoms with Crippen LogP contribution in [0.15, 0.2) is 12.4 Å². The number of likely N-dealkylation sites (N-methyl/N-ethyl adjacent to an activating group) is 1. The van der Waals surface area contributed by atoms with Crippen molar-refractivity contribution in [3.05, 3.63) is 12.4 Å². The Morgan fingerprint density at radius 2 is 1.74 bits per heavy atom. The largest absolute Gasteiger partial charge is 0.383 e. The zero-order valence-electron chi connectivity index (χ0n) is 17.0. The fraction of sp³-hybridized carbons (Fsp3) is 0.800. The standard InChI is InChI=1S/C20H35N5O2/c1-23(10-13-26-2)7-3-4-18-5-8-24(9-6-18)19-16-20(22-17-21-19)25-11-14-27-15-12-25/h16-18H,3-15H2,1-2H3. The Hall–Kier alpha value is -1.44. The molecule has 0 unspecified atom stereocenters. The maximum atomic E-state index is 5.44. The Bertz CT molecular complexity index is 545. The molecule has 0 spiro atoms. The van der Waals surface area contributed by atoms with Crippen molar-refractivity contribution in [2.24, 2.45) is 5.92 Å². The van der Waals surface area contributed by atoms with Gasteiger partial charge in [0.1, 0.15) is 18.0 Å². The van der Waals surface area contributed by atoms with E-state index in [1.54, 1.807) is 13.4 Å². The van der Waals surface area contributed by atoms with Crippen molar-refractivity contribution in [3.63, 3.8) is 0 Å². The molecular formula is C20H35N5O2. The number of morpholine rings is 1. The molecule has 0 N–H and O–H groups in total. The number of anilines is 2. The van der Waals surface area contributed by atoms with Crippen molar-refractivity contribution in [1.29, 1.82) is 0 Å². The van der Waals surface area contributed by atoms with Crippen LogP contribution >= 0.6 is 0 Å². The quantitative estimate of drug-likeness (QED) is 0.651. The van der Waals surface area contributed by atoms with Gasteiger partial charge in [0.2, 0.25) is 0 Å². The number of piperidine rings is 1. The van der Waals surface area contributed by atoms with Crippen LogP contribution in [0.25, 0.3) is 0 Å². The maximum Gasteiger partial charge on any atom is 0.134 e. The predicted molar refractivity (Wildman–Crippen MR) is 109 cm³/mol. The van der Waals surface area contributed by atoms with Gasteiger partial charge >= 0.3 is 0 Å². The zero-order chi connectivity index (χ0) is 18.9. The highest BCUT2D eigenvalue weighted by Gasteiger charge is 2.21. The van der Waals surface area contributed by atoms with Gasteiger partial charge < -0.3 is 24.2 Å². The van der Waals surface area contributed by atoms with Crippen molar-refractivity contribution in [3.8, 4) is 0 Å². The molecule has 3 rings (SSSR count). The van der Waals surface area contributed by atoms with Crippen LogP contribution in [-0.4, -0.2) is 88.1 Å². The Morgan fingerprint density at radius 3 is 2.41 bits per heavy atom. The topological polar surface area (TPSA) is 54.0 Å². The van der Waals surface area contributed by atoms with E-state index in [0.717, 1.165) is 70.1 Å². The first-order valence-electron chi connectivity index (χ1n) is 10.3. The number of aromatic nitrogens is 2. The van der Waals surface area contributed by atoms with Gasteiger partial charge in [0.05, 0.1) is 19.8 Å². The van der Waals surface area contributed by atoms with Gasteiger partial charge in [-0.3, -0.25) is 0 Å². The van der Waals surface area contributed by atoms with E-state index in [2.05, 4.69) is 37.8 Å². The minimum absolute atomic E-state index is 0.783. The molecule has 0 aliphatic carbocycles. The van der Waals surface area contributed by atoms with Gasteiger partial charge in [-0.15, -0.1) is 0 Å². The van der Waals surface area contributed by atoms with Crippen molar-refractivity contribution in [2.75, 3.05) is 83.0 Å². The highest BCUT2D eigenvalue weighted by Crippen LogP contribution is 2.26. The number of hydrogen-bond donors (Lipinski definition) is 0. The predicted octanol–water partition coefficient (Wildman–Crippen LogP) is 1.89. The number of hydrogen-bond acceptors (Lipinski definition) is 7. The van der Waals surface area contributed by atoms with E-state index in [4.69, 9.17) is 9.47 Å². The Morgan fingerprint density at radius 1 is 1.07 bits per heavy atom. The molecule has 0 amide bonds. The van der Waals surface area contributed by atoms with Crippen molar-refractivity contribution < 1.29 is 9.47 Å². The monoisotopic (exact) mass is 377 g/mol. The lowest BCUT2D eigenvalue weighted by atomic mass is 9.92. The van der Waals surface area contributed by atoms with Gasteiger partial charge in [-0.25, -0.2) is 9.97 Å². The van der Waals surface area contributed by atoms with Crippen molar-refractivity contribution in [2.45, 2.75) is 25.7 Å². The van der Waals surface area contributed by atoms with E-state index in [9.17, 15) is 0 Å². The second kappa shape index (κ2) is 10.8. The molecule has 0 atom stereocenters. The van der Waals surface area contributed by atoms with Gasteiger partial charge in [-0.1, -0.05) is 0 Å². The summed E-state index contributed by atoms with van der Waals surface area (Å²) in [5.74, 6) is 2.95. The van der Waals surface area contributed by atoms with E-state index < -0.39 is 0 Å². The molecule has 0 aromatic carbocycles. The van der Waals surface area contributed by atoms with Crippen LogP contribution in [0.5, 0.6) is 0 Å². The minimum atomic E-state index is 0.783. The summed E-state index contributed by atoms with van der Waals surface area (Å²) in [6.07, 6.45) is 6.84. The van der Waals surface area contributed by atoms with E-state index in [1.165, 1.54) is 32.2 Å². The molecule has 0 bridgehead atoms. The molecule has 7 heteroatoms. The summed E-state index contributed by atoms with van der Waals surface area (Å²) in [5, 5.41) is 0. The fourth-order valence-electron chi connectivity index (χ4n) is 3.94. The lowest BCUT2D eigenvalue weighted by Crippen LogP contribution is -2.37. The summed E-state index contributed by atoms with van der Waals surface area (Å²) in [7, 11) is 3.95. The summed E-state index contributed by atoms with van der Waals surface area (Å²) < 4.78 is 10.6. The van der Waals surface area contributed by atoms with Gasteiger partial charge in [-0.05, 0) is 45.2 Å². The maximum absolute atomic E-state index is 5.44. The molecule has 2 aliphatic rings. The van der Waals surface area contributed by atoms with Crippen LogP contribution in [0.1, 0.15) is 25.7 Å². The lowest BCUT2D eigenvalue weighted by Gasteiger charge is -2.34. The fourth-order valence-corrected chi connectivity index (χ4v) is 3.94. The molecule has 27 heavy (non-hydrogen) atoms. The number of methoxy groups -OCH3 is 1. The van der Waals surface area contributed by atoms with E-state index >= 15 is 0 Å². The Labute approximate surface area is 163 Å². The van der Waals surface area contributed by atoms with Crippen LogP contribution in [-0.2, 0) is 9.47 Å². The van der Waals surface area contributed by atoms with Gasteiger partial charge in [-0.2, -0.15) is 0 Å². The molecular weight excluding hydrogens is 342 g/mol.